The molecule has 0 spiro atoms. The van der Waals surface area contributed by atoms with Crippen LogP contribution >= 0.6 is 12.3 Å². The second-order valence-corrected chi connectivity index (χ2v) is 4.77. The van der Waals surface area contributed by atoms with Gasteiger partial charge in [-0.3, -0.25) is 4.79 Å². The fourth-order valence-corrected chi connectivity index (χ4v) is 2.28. The third-order valence-electron chi connectivity index (χ3n) is 2.92. The summed E-state index contributed by atoms with van der Waals surface area (Å²) in [6.07, 6.45) is 1.60. The van der Waals surface area contributed by atoms with Crippen LogP contribution in [0.5, 0.6) is 0 Å². The van der Waals surface area contributed by atoms with Crippen molar-refractivity contribution in [2.75, 3.05) is 13.1 Å². The van der Waals surface area contributed by atoms with Gasteiger partial charge in [0.25, 0.3) is 5.91 Å². The minimum absolute atomic E-state index is 0.0445. The van der Waals surface area contributed by atoms with Crippen LogP contribution in [0.15, 0.2) is 30.3 Å². The lowest BCUT2D eigenvalue weighted by molar-refractivity contribution is 0.0924. The number of nitrogens with zero attached hydrogens (tertiary/aromatic N) is 1. The quantitative estimate of drug-likeness (QED) is 0.841. The summed E-state index contributed by atoms with van der Waals surface area (Å²) >= 11 is 0.284. The summed E-state index contributed by atoms with van der Waals surface area (Å²) in [5.74, 6) is -0.0445. The zero-order chi connectivity index (χ0) is 12.1. The zero-order valence-electron chi connectivity index (χ0n) is 9.43. The van der Waals surface area contributed by atoms with E-state index >= 15 is 0 Å². The van der Waals surface area contributed by atoms with Crippen LogP contribution in [0.1, 0.15) is 23.2 Å². The van der Waals surface area contributed by atoms with Crippen LogP contribution in [0.2, 0.25) is 0 Å². The first-order valence-electron chi connectivity index (χ1n) is 5.69. The van der Waals surface area contributed by atoms with Gasteiger partial charge in [-0.15, -0.1) is 3.89 Å². The highest BCUT2D eigenvalue weighted by atomic mass is 32.2. The first-order valence-corrected chi connectivity index (χ1v) is 6.36. The summed E-state index contributed by atoms with van der Waals surface area (Å²) in [6.45, 7) is 1.36. The maximum absolute atomic E-state index is 12.3. The van der Waals surface area contributed by atoms with Crippen LogP contribution in [0, 0.1) is 0 Å². The van der Waals surface area contributed by atoms with Gasteiger partial charge in [-0.05, 0) is 25.0 Å². The Balaban J connectivity index is 1.84. The van der Waals surface area contributed by atoms with E-state index in [1.165, 1.54) is 0 Å². The minimum Gasteiger partial charge on any atom is -0.349 e. The molecule has 1 saturated heterocycles. The Hall–Kier alpha value is -1.07. The molecule has 0 aliphatic carbocycles. The first-order chi connectivity index (χ1) is 8.29. The van der Waals surface area contributed by atoms with Gasteiger partial charge in [0.2, 0.25) is 0 Å². The molecular formula is C12H15FN2OS. The summed E-state index contributed by atoms with van der Waals surface area (Å²) in [4.78, 5) is 11.9. The summed E-state index contributed by atoms with van der Waals surface area (Å²) in [5, 5.41) is 2.98. The van der Waals surface area contributed by atoms with Gasteiger partial charge in [0.1, 0.15) is 12.3 Å². The van der Waals surface area contributed by atoms with E-state index in [-0.39, 0.29) is 24.3 Å². The first kappa shape index (κ1) is 12.4. The van der Waals surface area contributed by atoms with E-state index in [4.69, 9.17) is 0 Å². The Morgan fingerprint density at radius 3 is 2.53 bits per heavy atom. The Morgan fingerprint density at radius 2 is 1.94 bits per heavy atom. The second-order valence-electron chi connectivity index (χ2n) is 4.11. The Kier molecular flexibility index (Phi) is 4.39. The lowest BCUT2D eigenvalue weighted by atomic mass is 10.1. The highest BCUT2D eigenvalue weighted by molar-refractivity contribution is 7.91. The van der Waals surface area contributed by atoms with Crippen LogP contribution in [-0.4, -0.2) is 29.3 Å². The molecule has 0 saturated carbocycles. The molecule has 0 bridgehead atoms. The molecule has 0 unspecified atom stereocenters. The Labute approximate surface area is 105 Å². The predicted molar refractivity (Wildman–Crippen MR) is 67.2 cm³/mol. The number of rotatable bonds is 3. The molecule has 1 N–H and O–H groups in total. The van der Waals surface area contributed by atoms with Crippen LogP contribution < -0.4 is 5.32 Å². The highest BCUT2D eigenvalue weighted by Crippen LogP contribution is 2.19. The molecule has 0 atom stereocenters. The molecule has 1 heterocycles. The second kappa shape index (κ2) is 6.02. The Morgan fingerprint density at radius 1 is 1.29 bits per heavy atom. The van der Waals surface area contributed by atoms with Gasteiger partial charge in [0, 0.05) is 24.7 Å². The number of carbonyl (C=O) groups is 1. The third-order valence-corrected chi connectivity index (χ3v) is 3.48. The minimum atomic E-state index is -0.0445. The van der Waals surface area contributed by atoms with Gasteiger partial charge in [0.05, 0.1) is 0 Å². The molecule has 1 aliphatic heterocycles. The third kappa shape index (κ3) is 3.44. The van der Waals surface area contributed by atoms with Crippen molar-refractivity contribution in [2.45, 2.75) is 18.9 Å². The average molecular weight is 254 g/mol. The predicted octanol–water partition coefficient (Wildman–Crippen LogP) is 2.41. The van der Waals surface area contributed by atoms with Crippen molar-refractivity contribution in [3.8, 4) is 0 Å². The maximum atomic E-state index is 12.3. The Bertz CT molecular complexity index is 366. The molecule has 0 radical (unpaired) electrons. The molecule has 17 heavy (non-hydrogen) atoms. The molecule has 1 amide bonds. The molecule has 5 heteroatoms. The van der Waals surface area contributed by atoms with E-state index in [0.717, 1.165) is 12.8 Å². The van der Waals surface area contributed by atoms with E-state index in [1.54, 1.807) is 16.4 Å². The smallest absolute Gasteiger partial charge is 0.251 e. The SMILES string of the molecule is O=C(NC1CCN(SF)CC1)c1ccccc1. The molecule has 0 aromatic heterocycles. The molecule has 1 fully saturated rings. The van der Waals surface area contributed by atoms with Crippen LogP contribution in [-0.2, 0) is 0 Å². The number of piperidine rings is 1. The van der Waals surface area contributed by atoms with Crippen LogP contribution in [0.3, 0.4) is 0 Å². The number of hydrogen-bond acceptors (Lipinski definition) is 3. The lowest BCUT2D eigenvalue weighted by Crippen LogP contribution is -2.42. The summed E-state index contributed by atoms with van der Waals surface area (Å²) in [6, 6.07) is 9.32. The van der Waals surface area contributed by atoms with E-state index in [9.17, 15) is 8.68 Å². The summed E-state index contributed by atoms with van der Waals surface area (Å²) in [5.41, 5.74) is 0.676. The molecular weight excluding hydrogens is 239 g/mol. The fraction of sp³-hybridized carbons (Fsp3) is 0.417. The highest BCUT2D eigenvalue weighted by Gasteiger charge is 2.21. The maximum Gasteiger partial charge on any atom is 0.251 e. The number of halogens is 1. The lowest BCUT2D eigenvalue weighted by Gasteiger charge is -2.28. The van der Waals surface area contributed by atoms with E-state index in [0.29, 0.717) is 18.7 Å². The van der Waals surface area contributed by atoms with Crippen molar-refractivity contribution in [1.82, 2.24) is 9.62 Å². The monoisotopic (exact) mass is 254 g/mol. The summed E-state index contributed by atoms with van der Waals surface area (Å²) < 4.78 is 14.0. The normalized spacial score (nSPS) is 17.9. The molecule has 1 aliphatic rings. The number of nitrogens with one attached hydrogen (secondary N) is 1. The van der Waals surface area contributed by atoms with Crippen LogP contribution in [0.25, 0.3) is 0 Å². The summed E-state index contributed by atoms with van der Waals surface area (Å²) in [7, 11) is 0. The molecule has 92 valence electrons. The number of benzene rings is 1. The van der Waals surface area contributed by atoms with Gasteiger partial charge in [-0.25, -0.2) is 4.31 Å². The number of amides is 1. The van der Waals surface area contributed by atoms with Gasteiger partial charge in [-0.2, -0.15) is 0 Å². The number of hydrogen-bond donors (Lipinski definition) is 1. The molecule has 2 rings (SSSR count). The van der Waals surface area contributed by atoms with Crippen molar-refractivity contribution in [2.24, 2.45) is 0 Å². The van der Waals surface area contributed by atoms with E-state index in [2.05, 4.69) is 5.32 Å². The topological polar surface area (TPSA) is 32.3 Å². The van der Waals surface area contributed by atoms with E-state index < -0.39 is 0 Å². The zero-order valence-corrected chi connectivity index (χ0v) is 10.3. The largest absolute Gasteiger partial charge is 0.349 e. The van der Waals surface area contributed by atoms with Gasteiger partial charge in [0.15, 0.2) is 0 Å². The van der Waals surface area contributed by atoms with Crippen molar-refractivity contribution in [3.05, 3.63) is 35.9 Å². The van der Waals surface area contributed by atoms with Crippen LogP contribution in [0.4, 0.5) is 3.89 Å². The van der Waals surface area contributed by atoms with Gasteiger partial charge in [-0.1, -0.05) is 18.2 Å². The average Bonchev–Trinajstić information content (AvgIpc) is 2.40. The molecule has 1 aromatic carbocycles. The van der Waals surface area contributed by atoms with Crippen molar-refractivity contribution in [3.63, 3.8) is 0 Å². The fourth-order valence-electron chi connectivity index (χ4n) is 1.93. The number of carbonyl (C=O) groups excluding carboxylic acids is 1. The van der Waals surface area contributed by atoms with Gasteiger partial charge >= 0.3 is 0 Å². The van der Waals surface area contributed by atoms with Crippen molar-refractivity contribution < 1.29 is 8.68 Å². The van der Waals surface area contributed by atoms with Gasteiger partial charge < -0.3 is 5.32 Å². The molecule has 1 aromatic rings. The van der Waals surface area contributed by atoms with E-state index in [1.807, 2.05) is 18.2 Å². The molecule has 3 nitrogen and oxygen atoms in total. The van der Waals surface area contributed by atoms with Crippen molar-refractivity contribution in [1.29, 1.82) is 0 Å². The standard InChI is InChI=1S/C12H15FN2OS/c13-17-15-8-6-11(7-9-15)14-12(16)10-4-2-1-3-5-10/h1-5,11H,6-9H2,(H,14,16). The van der Waals surface area contributed by atoms with Crippen molar-refractivity contribution >= 4 is 18.2 Å².